The van der Waals surface area contributed by atoms with Gasteiger partial charge in [-0.15, -0.1) is 21.5 Å². The van der Waals surface area contributed by atoms with E-state index < -0.39 is 0 Å². The molecule has 1 atom stereocenters. The molecule has 94 valence electrons. The molecule has 3 heterocycles. The van der Waals surface area contributed by atoms with E-state index in [1.165, 1.54) is 0 Å². The van der Waals surface area contributed by atoms with Crippen molar-refractivity contribution >= 4 is 17.3 Å². The van der Waals surface area contributed by atoms with Crippen LogP contribution in [0, 0.1) is 0 Å². The Morgan fingerprint density at radius 1 is 1.50 bits per heavy atom. The zero-order valence-corrected chi connectivity index (χ0v) is 11.1. The highest BCUT2D eigenvalue weighted by atomic mass is 32.1. The van der Waals surface area contributed by atoms with E-state index in [2.05, 4.69) is 32.0 Å². The Balaban J connectivity index is 1.90. The van der Waals surface area contributed by atoms with Crippen molar-refractivity contribution in [1.29, 1.82) is 0 Å². The summed E-state index contributed by atoms with van der Waals surface area (Å²) in [6, 6.07) is 2.27. The minimum Gasteiger partial charge on any atom is -0.331 e. The zero-order valence-electron chi connectivity index (χ0n) is 10.3. The normalized spacial score (nSPS) is 19.4. The predicted molar refractivity (Wildman–Crippen MR) is 70.6 cm³/mol. The molecule has 1 fully saturated rings. The maximum atomic E-state index is 4.60. The Bertz CT molecular complexity index is 513. The van der Waals surface area contributed by atoms with Crippen molar-refractivity contribution in [3.05, 3.63) is 28.5 Å². The molecule has 0 bridgehead atoms. The number of aryl methyl sites for hydroxylation is 1. The number of aromatic nitrogens is 4. The summed E-state index contributed by atoms with van der Waals surface area (Å²) in [5.41, 5.74) is 2.87. The molecule has 5 nitrogen and oxygen atoms in total. The summed E-state index contributed by atoms with van der Waals surface area (Å²) in [5.74, 6) is 0.826. The second-order valence-corrected chi connectivity index (χ2v) is 5.19. The number of anilines is 1. The molecule has 2 aromatic rings. The molecule has 1 aliphatic heterocycles. The summed E-state index contributed by atoms with van der Waals surface area (Å²) in [4.78, 5) is 11.3. The van der Waals surface area contributed by atoms with Crippen molar-refractivity contribution in [2.24, 2.45) is 0 Å². The van der Waals surface area contributed by atoms with Crippen molar-refractivity contribution in [1.82, 2.24) is 20.2 Å². The third kappa shape index (κ3) is 2.08. The monoisotopic (exact) mass is 261 g/mol. The van der Waals surface area contributed by atoms with Gasteiger partial charge in [-0.2, -0.15) is 0 Å². The molecule has 2 aromatic heterocycles. The van der Waals surface area contributed by atoms with Crippen LogP contribution in [0.1, 0.15) is 36.5 Å². The summed E-state index contributed by atoms with van der Waals surface area (Å²) >= 11 is 1.61. The van der Waals surface area contributed by atoms with Crippen molar-refractivity contribution in [3.63, 3.8) is 0 Å². The lowest BCUT2D eigenvalue weighted by Gasteiger charge is -2.22. The molecule has 1 aliphatic rings. The van der Waals surface area contributed by atoms with Crippen LogP contribution < -0.4 is 4.90 Å². The maximum Gasteiger partial charge on any atom is 0.226 e. The first-order valence-electron chi connectivity index (χ1n) is 6.23. The van der Waals surface area contributed by atoms with Gasteiger partial charge in [0.25, 0.3) is 0 Å². The average Bonchev–Trinajstić information content (AvgIpc) is 3.09. The Labute approximate surface area is 110 Å². The van der Waals surface area contributed by atoms with Crippen molar-refractivity contribution in [3.8, 4) is 0 Å². The molecule has 0 spiro atoms. The summed E-state index contributed by atoms with van der Waals surface area (Å²) in [6.45, 7) is 3.11. The van der Waals surface area contributed by atoms with Gasteiger partial charge in [-0.05, 0) is 25.3 Å². The van der Waals surface area contributed by atoms with Crippen LogP contribution in [0.3, 0.4) is 0 Å². The van der Waals surface area contributed by atoms with Gasteiger partial charge in [0.1, 0.15) is 10.5 Å². The third-order valence-electron chi connectivity index (χ3n) is 3.23. The first kappa shape index (κ1) is 11.5. The first-order valence-corrected chi connectivity index (χ1v) is 7.11. The largest absolute Gasteiger partial charge is 0.331 e. The van der Waals surface area contributed by atoms with Crippen LogP contribution in [0.2, 0.25) is 0 Å². The van der Waals surface area contributed by atoms with E-state index >= 15 is 0 Å². The van der Waals surface area contributed by atoms with Gasteiger partial charge in [0.2, 0.25) is 5.95 Å². The van der Waals surface area contributed by atoms with E-state index in [0.717, 1.165) is 42.5 Å². The van der Waals surface area contributed by atoms with Crippen LogP contribution in [-0.2, 0) is 6.42 Å². The molecule has 0 aromatic carbocycles. The highest BCUT2D eigenvalue weighted by Crippen LogP contribution is 2.34. The lowest BCUT2D eigenvalue weighted by molar-refractivity contribution is 0.684. The van der Waals surface area contributed by atoms with Gasteiger partial charge in [-0.3, -0.25) is 0 Å². The smallest absolute Gasteiger partial charge is 0.226 e. The standard InChI is InChI=1S/C12H15N5S/c1-2-9-5-6-13-12(15-9)17-7-3-4-10(17)11-16-14-8-18-11/h5-6,8,10H,2-4,7H2,1H3. The molecule has 0 radical (unpaired) electrons. The number of rotatable bonds is 3. The highest BCUT2D eigenvalue weighted by Gasteiger charge is 2.30. The molecule has 6 heteroatoms. The number of hydrogen-bond donors (Lipinski definition) is 0. The number of hydrogen-bond acceptors (Lipinski definition) is 6. The molecule has 0 aliphatic carbocycles. The summed E-state index contributed by atoms with van der Waals surface area (Å²) in [6.07, 6.45) is 5.04. The topological polar surface area (TPSA) is 54.8 Å². The van der Waals surface area contributed by atoms with Gasteiger partial charge in [-0.25, -0.2) is 9.97 Å². The molecule has 1 saturated heterocycles. The molecule has 1 unspecified atom stereocenters. The van der Waals surface area contributed by atoms with E-state index in [-0.39, 0.29) is 0 Å². The van der Waals surface area contributed by atoms with Crippen LogP contribution in [0.15, 0.2) is 17.8 Å². The predicted octanol–water partition coefficient (Wildman–Crippen LogP) is 2.23. The van der Waals surface area contributed by atoms with E-state index in [1.807, 2.05) is 12.3 Å². The Morgan fingerprint density at radius 2 is 2.44 bits per heavy atom. The Hall–Kier alpha value is -1.56. The lowest BCUT2D eigenvalue weighted by Crippen LogP contribution is -2.24. The summed E-state index contributed by atoms with van der Waals surface area (Å²) in [5, 5.41) is 9.19. The Morgan fingerprint density at radius 3 is 3.22 bits per heavy atom. The fraction of sp³-hybridized carbons (Fsp3) is 0.500. The van der Waals surface area contributed by atoms with Crippen LogP contribution in [-0.4, -0.2) is 26.7 Å². The quantitative estimate of drug-likeness (QED) is 0.848. The molecule has 0 amide bonds. The first-order chi connectivity index (χ1) is 8.88. The fourth-order valence-corrected chi connectivity index (χ4v) is 3.01. The van der Waals surface area contributed by atoms with Crippen LogP contribution >= 0.6 is 11.3 Å². The minimum absolute atomic E-state index is 0.296. The molecular weight excluding hydrogens is 246 g/mol. The van der Waals surface area contributed by atoms with Gasteiger partial charge in [-0.1, -0.05) is 6.92 Å². The van der Waals surface area contributed by atoms with Crippen molar-refractivity contribution in [2.45, 2.75) is 32.2 Å². The van der Waals surface area contributed by atoms with E-state index in [9.17, 15) is 0 Å². The number of nitrogens with zero attached hydrogens (tertiary/aromatic N) is 5. The van der Waals surface area contributed by atoms with Gasteiger partial charge < -0.3 is 4.90 Å². The average molecular weight is 261 g/mol. The SMILES string of the molecule is CCc1ccnc(N2CCCC2c2nncs2)n1. The van der Waals surface area contributed by atoms with E-state index in [0.29, 0.717) is 6.04 Å². The zero-order chi connectivity index (χ0) is 12.4. The van der Waals surface area contributed by atoms with Gasteiger partial charge in [0.15, 0.2) is 0 Å². The van der Waals surface area contributed by atoms with Crippen molar-refractivity contribution < 1.29 is 0 Å². The van der Waals surface area contributed by atoms with Gasteiger partial charge in [0.05, 0.1) is 6.04 Å². The Kier molecular flexibility index (Phi) is 3.19. The maximum absolute atomic E-state index is 4.60. The van der Waals surface area contributed by atoms with Gasteiger partial charge >= 0.3 is 0 Å². The van der Waals surface area contributed by atoms with Gasteiger partial charge in [0, 0.05) is 18.4 Å². The van der Waals surface area contributed by atoms with E-state index in [1.54, 1.807) is 16.8 Å². The molecular formula is C12H15N5S. The van der Waals surface area contributed by atoms with Crippen LogP contribution in [0.5, 0.6) is 0 Å². The van der Waals surface area contributed by atoms with E-state index in [4.69, 9.17) is 0 Å². The molecule has 18 heavy (non-hydrogen) atoms. The minimum atomic E-state index is 0.296. The fourth-order valence-electron chi connectivity index (χ4n) is 2.31. The second kappa shape index (κ2) is 4.97. The lowest BCUT2D eigenvalue weighted by atomic mass is 10.2. The molecule has 0 saturated carbocycles. The molecule has 3 rings (SSSR count). The second-order valence-electron chi connectivity index (χ2n) is 4.33. The molecule has 0 N–H and O–H groups in total. The summed E-state index contributed by atoms with van der Waals surface area (Å²) < 4.78 is 0. The van der Waals surface area contributed by atoms with Crippen LogP contribution in [0.4, 0.5) is 5.95 Å². The van der Waals surface area contributed by atoms with Crippen molar-refractivity contribution in [2.75, 3.05) is 11.4 Å². The third-order valence-corrected chi connectivity index (χ3v) is 4.03. The highest BCUT2D eigenvalue weighted by molar-refractivity contribution is 7.09. The van der Waals surface area contributed by atoms with Crippen LogP contribution in [0.25, 0.3) is 0 Å². The summed E-state index contributed by atoms with van der Waals surface area (Å²) in [7, 11) is 0.